The maximum Gasteiger partial charge on any atom is 0.306 e. The first-order valence-electron chi connectivity index (χ1n) is 7.59. The molecule has 1 rings (SSSR count). The molecule has 0 aliphatic carbocycles. The molecule has 1 aliphatic rings. The van der Waals surface area contributed by atoms with Gasteiger partial charge in [0.25, 0.3) is 0 Å². The van der Waals surface area contributed by atoms with Crippen LogP contribution in [0.5, 0.6) is 0 Å². The van der Waals surface area contributed by atoms with Crippen LogP contribution in [0, 0.1) is 5.92 Å². The molecular weight excluding hydrogens is 292 g/mol. The zero-order valence-corrected chi connectivity index (χ0v) is 14.5. The molecule has 20 heavy (non-hydrogen) atoms. The van der Waals surface area contributed by atoms with E-state index in [2.05, 4.69) is 0 Å². The predicted molar refractivity (Wildman–Crippen MR) is 88.2 cm³/mol. The molecule has 0 bridgehead atoms. The van der Waals surface area contributed by atoms with Gasteiger partial charge in [0.1, 0.15) is 6.10 Å². The summed E-state index contributed by atoms with van der Waals surface area (Å²) in [6, 6.07) is 0. The Balaban J connectivity index is 2.09. The maximum atomic E-state index is 11.7. The second kappa shape index (κ2) is 9.96. The molecule has 2 atom stereocenters. The SMILES string of the molecule is CC(C)[C@@H](O)C[C@@H](C)OC(=O)CCCC1SCCCS1. The van der Waals surface area contributed by atoms with Crippen molar-refractivity contribution in [1.82, 2.24) is 0 Å². The second-order valence-corrected chi connectivity index (χ2v) is 8.68. The zero-order chi connectivity index (χ0) is 15.0. The maximum absolute atomic E-state index is 11.7. The summed E-state index contributed by atoms with van der Waals surface area (Å²) < 4.78 is 6.01. The molecule has 0 aromatic carbocycles. The number of thioether (sulfide) groups is 2. The van der Waals surface area contributed by atoms with Crippen LogP contribution >= 0.6 is 23.5 Å². The van der Waals surface area contributed by atoms with Crippen LogP contribution in [0.2, 0.25) is 0 Å². The molecule has 1 saturated heterocycles. The van der Waals surface area contributed by atoms with E-state index in [0.29, 0.717) is 17.4 Å². The van der Waals surface area contributed by atoms with E-state index in [1.165, 1.54) is 17.9 Å². The fourth-order valence-corrected chi connectivity index (χ4v) is 5.02. The van der Waals surface area contributed by atoms with E-state index >= 15 is 0 Å². The number of aliphatic hydroxyl groups is 1. The predicted octanol–water partition coefficient (Wildman–Crippen LogP) is 3.69. The molecule has 0 radical (unpaired) electrons. The summed E-state index contributed by atoms with van der Waals surface area (Å²) in [6.45, 7) is 5.80. The van der Waals surface area contributed by atoms with Gasteiger partial charge in [-0.2, -0.15) is 0 Å². The molecule has 1 heterocycles. The lowest BCUT2D eigenvalue weighted by Gasteiger charge is -2.21. The number of carbonyl (C=O) groups is 1. The Morgan fingerprint density at radius 1 is 1.30 bits per heavy atom. The minimum Gasteiger partial charge on any atom is -0.463 e. The fourth-order valence-electron chi connectivity index (χ4n) is 2.06. The monoisotopic (exact) mass is 320 g/mol. The number of rotatable bonds is 8. The van der Waals surface area contributed by atoms with Crippen LogP contribution in [-0.2, 0) is 9.53 Å². The van der Waals surface area contributed by atoms with Crippen LogP contribution in [-0.4, -0.2) is 39.4 Å². The summed E-state index contributed by atoms with van der Waals surface area (Å²) in [6.07, 6.45) is 3.74. The van der Waals surface area contributed by atoms with Gasteiger partial charge in [-0.25, -0.2) is 0 Å². The number of aliphatic hydroxyl groups excluding tert-OH is 1. The van der Waals surface area contributed by atoms with Crippen LogP contribution < -0.4 is 0 Å². The summed E-state index contributed by atoms with van der Waals surface area (Å²) in [4.78, 5) is 11.7. The molecule has 0 amide bonds. The molecule has 118 valence electrons. The Morgan fingerprint density at radius 2 is 1.95 bits per heavy atom. The summed E-state index contributed by atoms with van der Waals surface area (Å²) in [5.41, 5.74) is 0. The van der Waals surface area contributed by atoms with Crippen molar-refractivity contribution >= 4 is 29.5 Å². The van der Waals surface area contributed by atoms with E-state index in [9.17, 15) is 9.90 Å². The summed E-state index contributed by atoms with van der Waals surface area (Å²) in [5.74, 6) is 2.59. The Bertz CT molecular complexity index is 278. The van der Waals surface area contributed by atoms with E-state index in [0.717, 1.165) is 12.8 Å². The topological polar surface area (TPSA) is 46.5 Å². The molecule has 3 nitrogen and oxygen atoms in total. The van der Waals surface area contributed by atoms with Gasteiger partial charge in [0, 0.05) is 12.8 Å². The standard InChI is InChI=1S/C15H28O3S2/c1-11(2)13(16)10-12(3)18-14(17)6-4-7-15-19-8-5-9-20-15/h11-13,15-16H,4-10H2,1-3H3/t12-,13+/m1/s1. The number of esters is 1. The summed E-state index contributed by atoms with van der Waals surface area (Å²) >= 11 is 4.04. The molecule has 0 unspecified atom stereocenters. The molecule has 0 saturated carbocycles. The average Bonchev–Trinajstić information content (AvgIpc) is 2.39. The Labute approximate surface area is 131 Å². The molecule has 1 fully saturated rings. The zero-order valence-electron chi connectivity index (χ0n) is 12.8. The Kier molecular flexibility index (Phi) is 9.05. The third kappa shape index (κ3) is 7.79. The lowest BCUT2D eigenvalue weighted by Crippen LogP contribution is -2.24. The number of ether oxygens (including phenoxy) is 1. The van der Waals surface area contributed by atoms with Crippen molar-refractivity contribution in [1.29, 1.82) is 0 Å². The van der Waals surface area contributed by atoms with Gasteiger partial charge in [0.05, 0.1) is 10.7 Å². The summed E-state index contributed by atoms with van der Waals surface area (Å²) in [5, 5.41) is 9.76. The van der Waals surface area contributed by atoms with Crippen molar-refractivity contribution in [2.75, 3.05) is 11.5 Å². The Hall–Kier alpha value is 0.130. The smallest absolute Gasteiger partial charge is 0.306 e. The largest absolute Gasteiger partial charge is 0.463 e. The lowest BCUT2D eigenvalue weighted by atomic mass is 10.0. The van der Waals surface area contributed by atoms with Crippen molar-refractivity contribution < 1.29 is 14.6 Å². The van der Waals surface area contributed by atoms with E-state index < -0.39 is 6.10 Å². The minimum absolute atomic E-state index is 0.126. The first-order valence-corrected chi connectivity index (χ1v) is 9.69. The average molecular weight is 321 g/mol. The molecular formula is C15H28O3S2. The number of hydrogen-bond donors (Lipinski definition) is 1. The summed E-state index contributed by atoms with van der Waals surface area (Å²) in [7, 11) is 0. The lowest BCUT2D eigenvalue weighted by molar-refractivity contribution is -0.149. The van der Waals surface area contributed by atoms with Crippen LogP contribution in [0.25, 0.3) is 0 Å². The molecule has 0 spiro atoms. The normalized spacial score (nSPS) is 19.9. The van der Waals surface area contributed by atoms with Gasteiger partial charge >= 0.3 is 5.97 Å². The first-order chi connectivity index (χ1) is 9.49. The van der Waals surface area contributed by atoms with Gasteiger partial charge in [-0.05, 0) is 43.6 Å². The van der Waals surface area contributed by atoms with Crippen molar-refractivity contribution in [3.05, 3.63) is 0 Å². The molecule has 0 aromatic heterocycles. The van der Waals surface area contributed by atoms with E-state index in [4.69, 9.17) is 4.74 Å². The van der Waals surface area contributed by atoms with Crippen molar-refractivity contribution in [2.24, 2.45) is 5.92 Å². The van der Waals surface area contributed by atoms with Crippen LogP contribution in [0.4, 0.5) is 0 Å². The Morgan fingerprint density at radius 3 is 2.55 bits per heavy atom. The van der Waals surface area contributed by atoms with Gasteiger partial charge in [-0.15, -0.1) is 23.5 Å². The van der Waals surface area contributed by atoms with E-state index in [-0.39, 0.29) is 18.0 Å². The second-order valence-electron chi connectivity index (χ2n) is 5.76. The highest BCUT2D eigenvalue weighted by molar-refractivity contribution is 8.17. The van der Waals surface area contributed by atoms with Crippen molar-refractivity contribution in [3.63, 3.8) is 0 Å². The van der Waals surface area contributed by atoms with Gasteiger partial charge in [-0.1, -0.05) is 13.8 Å². The minimum atomic E-state index is -0.396. The molecule has 5 heteroatoms. The quantitative estimate of drug-likeness (QED) is 0.691. The van der Waals surface area contributed by atoms with Crippen molar-refractivity contribution in [2.45, 2.75) is 69.7 Å². The number of carbonyl (C=O) groups excluding carboxylic acids is 1. The van der Waals surface area contributed by atoms with E-state index in [1.54, 1.807) is 0 Å². The third-order valence-corrected chi connectivity index (χ3v) is 6.47. The first kappa shape index (κ1) is 18.2. The van der Waals surface area contributed by atoms with E-state index in [1.807, 2.05) is 44.3 Å². The molecule has 1 N–H and O–H groups in total. The highest BCUT2D eigenvalue weighted by Crippen LogP contribution is 2.33. The molecule has 0 aromatic rings. The fraction of sp³-hybridized carbons (Fsp3) is 0.933. The van der Waals surface area contributed by atoms with Crippen molar-refractivity contribution in [3.8, 4) is 0 Å². The highest BCUT2D eigenvalue weighted by Gasteiger charge is 2.18. The van der Waals surface area contributed by atoms with Gasteiger partial charge in [-0.3, -0.25) is 4.79 Å². The van der Waals surface area contributed by atoms with Gasteiger partial charge in [0.15, 0.2) is 0 Å². The van der Waals surface area contributed by atoms with Crippen LogP contribution in [0.1, 0.15) is 52.9 Å². The van der Waals surface area contributed by atoms with Gasteiger partial charge < -0.3 is 9.84 Å². The number of hydrogen-bond acceptors (Lipinski definition) is 5. The third-order valence-electron chi connectivity index (χ3n) is 3.39. The van der Waals surface area contributed by atoms with Crippen LogP contribution in [0.15, 0.2) is 0 Å². The van der Waals surface area contributed by atoms with Crippen LogP contribution in [0.3, 0.4) is 0 Å². The van der Waals surface area contributed by atoms with Gasteiger partial charge in [0.2, 0.25) is 0 Å². The highest BCUT2D eigenvalue weighted by atomic mass is 32.2. The molecule has 1 aliphatic heterocycles.